The molecule has 0 bridgehead atoms. The highest BCUT2D eigenvalue weighted by atomic mass is 16.2. The Balaban J connectivity index is 1.37. The molecule has 2 saturated heterocycles. The fraction of sp³-hybridized carbons (Fsp3) is 0.440. The first-order valence-electron chi connectivity index (χ1n) is 11.2. The molecule has 0 radical (unpaired) electrons. The van der Waals surface area contributed by atoms with E-state index in [0.717, 1.165) is 25.7 Å². The van der Waals surface area contributed by atoms with Crippen molar-refractivity contribution in [3.63, 3.8) is 0 Å². The van der Waals surface area contributed by atoms with Gasteiger partial charge in [0.15, 0.2) is 5.78 Å². The SMILES string of the molecule is O=C(c1cccnc1)[C@@H]1CCCN1C(=O)[C@@H]1CCCN1C(=O)CCCc1ccccc1. The van der Waals surface area contributed by atoms with Crippen LogP contribution in [-0.4, -0.2) is 57.6 Å². The normalized spacial score (nSPS) is 20.8. The van der Waals surface area contributed by atoms with Crippen molar-refractivity contribution in [2.45, 2.75) is 57.0 Å². The van der Waals surface area contributed by atoms with Crippen LogP contribution in [0.5, 0.6) is 0 Å². The number of amides is 2. The monoisotopic (exact) mass is 419 g/mol. The van der Waals surface area contributed by atoms with Crippen molar-refractivity contribution in [2.75, 3.05) is 13.1 Å². The molecule has 162 valence electrons. The zero-order valence-electron chi connectivity index (χ0n) is 17.8. The zero-order chi connectivity index (χ0) is 21.6. The number of Topliss-reactive ketones (excluding diaryl/α,β-unsaturated/α-hetero) is 1. The van der Waals surface area contributed by atoms with Crippen molar-refractivity contribution in [2.24, 2.45) is 0 Å². The Bertz CT molecular complexity index is 916. The predicted octanol–water partition coefficient (Wildman–Crippen LogP) is 3.27. The molecule has 0 N–H and O–H groups in total. The largest absolute Gasteiger partial charge is 0.331 e. The molecular formula is C25H29N3O3. The molecule has 2 fully saturated rings. The minimum atomic E-state index is -0.452. The highest BCUT2D eigenvalue weighted by Crippen LogP contribution is 2.27. The number of hydrogen-bond donors (Lipinski definition) is 0. The van der Waals surface area contributed by atoms with Crippen molar-refractivity contribution < 1.29 is 14.4 Å². The van der Waals surface area contributed by atoms with E-state index in [1.54, 1.807) is 34.3 Å². The van der Waals surface area contributed by atoms with Gasteiger partial charge in [-0.15, -0.1) is 0 Å². The average Bonchev–Trinajstić information content (AvgIpc) is 3.49. The first kappa shape index (κ1) is 21.2. The van der Waals surface area contributed by atoms with Crippen LogP contribution in [0.4, 0.5) is 0 Å². The number of aromatic nitrogens is 1. The average molecular weight is 420 g/mol. The quantitative estimate of drug-likeness (QED) is 0.646. The molecule has 2 aliphatic heterocycles. The second kappa shape index (κ2) is 9.86. The number of benzene rings is 1. The van der Waals surface area contributed by atoms with Crippen LogP contribution in [0, 0.1) is 0 Å². The molecule has 1 aromatic heterocycles. The third kappa shape index (κ3) is 4.84. The molecule has 0 unspecified atom stereocenters. The van der Waals surface area contributed by atoms with Crippen LogP contribution < -0.4 is 0 Å². The van der Waals surface area contributed by atoms with E-state index < -0.39 is 12.1 Å². The van der Waals surface area contributed by atoms with Gasteiger partial charge >= 0.3 is 0 Å². The summed E-state index contributed by atoms with van der Waals surface area (Å²) in [6.07, 6.45) is 8.23. The van der Waals surface area contributed by atoms with E-state index in [9.17, 15) is 14.4 Å². The molecule has 0 saturated carbocycles. The second-order valence-corrected chi connectivity index (χ2v) is 8.38. The summed E-state index contributed by atoms with van der Waals surface area (Å²) in [5, 5.41) is 0. The molecular weight excluding hydrogens is 390 g/mol. The Morgan fingerprint density at radius 2 is 1.65 bits per heavy atom. The summed E-state index contributed by atoms with van der Waals surface area (Å²) in [6.45, 7) is 1.19. The summed E-state index contributed by atoms with van der Waals surface area (Å²) in [7, 11) is 0. The van der Waals surface area contributed by atoms with E-state index >= 15 is 0 Å². The fourth-order valence-electron chi connectivity index (χ4n) is 4.75. The number of hydrogen-bond acceptors (Lipinski definition) is 4. The lowest BCUT2D eigenvalue weighted by molar-refractivity contribution is -0.144. The summed E-state index contributed by atoms with van der Waals surface area (Å²) < 4.78 is 0. The molecule has 2 aromatic rings. The number of carbonyl (C=O) groups is 3. The summed E-state index contributed by atoms with van der Waals surface area (Å²) >= 11 is 0. The van der Waals surface area contributed by atoms with Crippen LogP contribution >= 0.6 is 0 Å². The molecule has 2 amide bonds. The number of pyridine rings is 1. The molecule has 1 aromatic carbocycles. The zero-order valence-corrected chi connectivity index (χ0v) is 17.8. The van der Waals surface area contributed by atoms with Gasteiger partial charge in [-0.05, 0) is 56.2 Å². The molecule has 0 spiro atoms. The number of likely N-dealkylation sites (tertiary alicyclic amines) is 2. The molecule has 2 aliphatic rings. The number of rotatable bonds is 7. The second-order valence-electron chi connectivity index (χ2n) is 8.38. The number of ketones is 1. The molecule has 2 atom stereocenters. The van der Waals surface area contributed by atoms with Gasteiger partial charge in [-0.3, -0.25) is 19.4 Å². The van der Waals surface area contributed by atoms with E-state index in [2.05, 4.69) is 17.1 Å². The van der Waals surface area contributed by atoms with Crippen molar-refractivity contribution in [1.29, 1.82) is 0 Å². The van der Waals surface area contributed by atoms with Gasteiger partial charge in [0.1, 0.15) is 6.04 Å². The van der Waals surface area contributed by atoms with Crippen molar-refractivity contribution in [3.8, 4) is 0 Å². The first-order valence-corrected chi connectivity index (χ1v) is 11.2. The maximum atomic E-state index is 13.4. The standard InChI is InChI=1S/C25H29N3O3/c29-23(14-4-10-19-8-2-1-3-9-19)27-16-7-13-22(27)25(31)28-17-6-12-21(28)24(30)20-11-5-15-26-18-20/h1-3,5,8-9,11,15,18,21-22H,4,6-7,10,12-14,16-17H2/t21-,22-/m0/s1. The van der Waals surface area contributed by atoms with E-state index in [4.69, 9.17) is 0 Å². The Hall–Kier alpha value is -3.02. The predicted molar refractivity (Wildman–Crippen MR) is 117 cm³/mol. The third-order valence-corrected chi connectivity index (χ3v) is 6.34. The minimum Gasteiger partial charge on any atom is -0.331 e. The van der Waals surface area contributed by atoms with Crippen LogP contribution in [0.25, 0.3) is 0 Å². The molecule has 31 heavy (non-hydrogen) atoms. The molecule has 4 rings (SSSR count). The fourth-order valence-corrected chi connectivity index (χ4v) is 4.75. The van der Waals surface area contributed by atoms with Gasteiger partial charge in [-0.2, -0.15) is 0 Å². The van der Waals surface area contributed by atoms with Crippen molar-refractivity contribution in [3.05, 3.63) is 66.0 Å². The topological polar surface area (TPSA) is 70.6 Å². The van der Waals surface area contributed by atoms with E-state index in [1.807, 2.05) is 18.2 Å². The Labute approximate surface area is 183 Å². The Kier molecular flexibility index (Phi) is 6.75. The Morgan fingerprint density at radius 3 is 2.39 bits per heavy atom. The lowest BCUT2D eigenvalue weighted by Gasteiger charge is -2.31. The summed E-state index contributed by atoms with van der Waals surface area (Å²) in [6, 6.07) is 12.7. The van der Waals surface area contributed by atoms with Crippen LogP contribution in [0.1, 0.15) is 54.4 Å². The van der Waals surface area contributed by atoms with Crippen molar-refractivity contribution >= 4 is 17.6 Å². The van der Waals surface area contributed by atoms with Gasteiger partial charge in [-0.1, -0.05) is 30.3 Å². The summed E-state index contributed by atoms with van der Waals surface area (Å²) in [5.41, 5.74) is 1.76. The van der Waals surface area contributed by atoms with Crippen molar-refractivity contribution in [1.82, 2.24) is 14.8 Å². The maximum Gasteiger partial charge on any atom is 0.246 e. The lowest BCUT2D eigenvalue weighted by Crippen LogP contribution is -2.51. The highest BCUT2D eigenvalue weighted by molar-refractivity contribution is 6.02. The van der Waals surface area contributed by atoms with E-state index in [0.29, 0.717) is 37.9 Å². The number of nitrogens with zero attached hydrogens (tertiary/aromatic N) is 3. The number of aryl methyl sites for hydroxylation is 1. The highest BCUT2D eigenvalue weighted by Gasteiger charge is 2.41. The molecule has 6 nitrogen and oxygen atoms in total. The van der Waals surface area contributed by atoms with Gasteiger partial charge < -0.3 is 9.80 Å². The lowest BCUT2D eigenvalue weighted by atomic mass is 10.0. The molecule has 6 heteroatoms. The van der Waals surface area contributed by atoms with Crippen LogP contribution in [0.15, 0.2) is 54.9 Å². The summed E-state index contributed by atoms with van der Waals surface area (Å²) in [5.74, 6) is -0.0903. The number of carbonyl (C=O) groups excluding carboxylic acids is 3. The van der Waals surface area contributed by atoms with Gasteiger partial charge in [-0.25, -0.2) is 0 Å². The Morgan fingerprint density at radius 1 is 0.903 bits per heavy atom. The summed E-state index contributed by atoms with van der Waals surface area (Å²) in [4.78, 5) is 46.7. The van der Waals surface area contributed by atoms with E-state index in [1.165, 1.54) is 5.56 Å². The van der Waals surface area contributed by atoms with Gasteiger partial charge in [0.25, 0.3) is 0 Å². The smallest absolute Gasteiger partial charge is 0.246 e. The third-order valence-electron chi connectivity index (χ3n) is 6.34. The maximum absolute atomic E-state index is 13.4. The van der Waals surface area contributed by atoms with Crippen LogP contribution in [0.2, 0.25) is 0 Å². The molecule has 3 heterocycles. The first-order chi connectivity index (χ1) is 15.1. The van der Waals surface area contributed by atoms with Crippen LogP contribution in [-0.2, 0) is 16.0 Å². The minimum absolute atomic E-state index is 0.0427. The van der Waals surface area contributed by atoms with Crippen LogP contribution in [0.3, 0.4) is 0 Å². The van der Waals surface area contributed by atoms with Gasteiger partial charge in [0, 0.05) is 37.5 Å². The van der Waals surface area contributed by atoms with Gasteiger partial charge in [0.05, 0.1) is 6.04 Å². The van der Waals surface area contributed by atoms with Gasteiger partial charge in [0.2, 0.25) is 11.8 Å². The van der Waals surface area contributed by atoms with E-state index in [-0.39, 0.29) is 17.6 Å². The molecule has 0 aliphatic carbocycles.